The van der Waals surface area contributed by atoms with Gasteiger partial charge in [-0.2, -0.15) is 0 Å². The maximum Gasteiger partial charge on any atom is -0.0771 e. The summed E-state index contributed by atoms with van der Waals surface area (Å²) in [6.07, 6.45) is 4.42. The first-order chi connectivity index (χ1) is 14.2. The molecular formula is C24H16BrCl2S2Zr-3. The zero-order valence-corrected chi connectivity index (χ0v) is 22.9. The maximum atomic E-state index is 4.93. The van der Waals surface area contributed by atoms with Crippen molar-refractivity contribution in [3.8, 4) is 0 Å². The van der Waals surface area contributed by atoms with Gasteiger partial charge >= 0.3 is 37.9 Å². The number of thiol groups is 1. The summed E-state index contributed by atoms with van der Waals surface area (Å²) in [5.74, 6) is 0. The van der Waals surface area contributed by atoms with Crippen LogP contribution in [-0.2, 0) is 34.3 Å². The summed E-state index contributed by atoms with van der Waals surface area (Å²) >= 11 is 4.56. The third-order valence-electron chi connectivity index (χ3n) is 4.85. The smallest absolute Gasteiger partial charge is 0.0771 e. The van der Waals surface area contributed by atoms with Gasteiger partial charge in [-0.05, 0) is 22.0 Å². The van der Waals surface area contributed by atoms with Crippen molar-refractivity contribution in [2.75, 3.05) is 0 Å². The molecule has 152 valence electrons. The molecule has 0 nitrogen and oxygen atoms in total. The first-order valence-corrected chi connectivity index (χ1v) is 17.0. The van der Waals surface area contributed by atoms with Crippen LogP contribution in [0.1, 0.15) is 16.4 Å². The summed E-state index contributed by atoms with van der Waals surface area (Å²) < 4.78 is 1.23. The quantitative estimate of drug-likeness (QED) is 0.111. The van der Waals surface area contributed by atoms with Gasteiger partial charge in [0.05, 0.1) is 0 Å². The molecule has 0 aromatic heterocycles. The molecule has 30 heavy (non-hydrogen) atoms. The van der Waals surface area contributed by atoms with Gasteiger partial charge in [0.25, 0.3) is 0 Å². The normalized spacial score (nSPS) is 15.5. The molecule has 0 spiro atoms. The fourth-order valence-corrected chi connectivity index (χ4v) is 5.53. The molecule has 1 atom stereocenters. The van der Waals surface area contributed by atoms with Crippen LogP contribution in [0, 0.1) is 6.07 Å². The average Bonchev–Trinajstić information content (AvgIpc) is 3.39. The van der Waals surface area contributed by atoms with Crippen molar-refractivity contribution in [2.24, 2.45) is 0 Å². The van der Waals surface area contributed by atoms with Gasteiger partial charge in [-0.15, -0.1) is 93.0 Å². The average molecular weight is 611 g/mol. The molecule has 0 saturated carbocycles. The van der Waals surface area contributed by atoms with E-state index in [4.69, 9.17) is 17.0 Å². The number of hydrogen-bond acceptors (Lipinski definition) is 2. The monoisotopic (exact) mass is 607 g/mol. The van der Waals surface area contributed by atoms with Crippen LogP contribution in [0.4, 0.5) is 0 Å². The zero-order valence-electron chi connectivity index (χ0n) is 15.6. The van der Waals surface area contributed by atoms with E-state index in [1.807, 2.05) is 17.8 Å². The van der Waals surface area contributed by atoms with Crippen LogP contribution in [0.15, 0.2) is 88.3 Å². The van der Waals surface area contributed by atoms with Crippen LogP contribution in [-0.4, -0.2) is 0 Å². The summed E-state index contributed by atoms with van der Waals surface area (Å²) in [4.78, 5) is 0. The van der Waals surface area contributed by atoms with Gasteiger partial charge in [-0.1, -0.05) is 42.0 Å². The molecule has 1 unspecified atom stereocenters. The molecule has 1 heterocycles. The van der Waals surface area contributed by atoms with E-state index in [0.29, 0.717) is 5.25 Å². The van der Waals surface area contributed by atoms with E-state index in [1.165, 1.54) is 42.1 Å². The van der Waals surface area contributed by atoms with Gasteiger partial charge in [0.2, 0.25) is 0 Å². The summed E-state index contributed by atoms with van der Waals surface area (Å²) in [5, 5.41) is 5.91. The number of halogens is 3. The van der Waals surface area contributed by atoms with E-state index >= 15 is 0 Å². The first-order valence-electron chi connectivity index (χ1n) is 8.96. The van der Waals surface area contributed by atoms with Crippen LogP contribution >= 0.6 is 44.7 Å². The van der Waals surface area contributed by atoms with Crippen LogP contribution < -0.4 is 0 Å². The number of allylic oxidation sites excluding steroid dienone is 1. The Hall–Kier alpha value is -0.347. The Morgan fingerprint density at radius 1 is 0.900 bits per heavy atom. The van der Waals surface area contributed by atoms with Crippen molar-refractivity contribution in [3.63, 3.8) is 0 Å². The Balaban J connectivity index is 0.000000147. The van der Waals surface area contributed by atoms with Gasteiger partial charge in [0.1, 0.15) is 0 Å². The van der Waals surface area contributed by atoms with Gasteiger partial charge < -0.3 is 13.5 Å². The van der Waals surface area contributed by atoms with E-state index in [0.717, 1.165) is 0 Å². The first kappa shape index (κ1) is 24.3. The second-order valence-electron chi connectivity index (χ2n) is 6.52. The Morgan fingerprint density at radius 3 is 2.13 bits per heavy atom. The molecule has 6 rings (SSSR count). The zero-order chi connectivity index (χ0) is 20.2. The molecule has 1 aliphatic carbocycles. The van der Waals surface area contributed by atoms with Crippen LogP contribution in [0.25, 0.3) is 27.6 Å². The maximum absolute atomic E-state index is 4.93. The van der Waals surface area contributed by atoms with Gasteiger partial charge in [0, 0.05) is 9.06 Å². The molecule has 4 aromatic carbocycles. The fourth-order valence-electron chi connectivity index (χ4n) is 3.67. The van der Waals surface area contributed by atoms with Crippen molar-refractivity contribution < 1.29 is 20.8 Å². The van der Waals surface area contributed by atoms with E-state index in [1.54, 1.807) is 0 Å². The minimum Gasteiger partial charge on any atom is -0.813 e. The van der Waals surface area contributed by atoms with E-state index in [-0.39, 0.29) is 13.5 Å². The number of benzene rings is 3. The molecule has 0 fully saturated rings. The SMILES string of the molecule is BrC1=CC2=Cc3[c-]cccc3C2S1.[Cl][Zr][Cl].[SH-].c1ccc2c(c1)[cH-]c1ccccc12. The second-order valence-corrected chi connectivity index (χ2v) is 12.8. The molecular weight excluding hydrogens is 594 g/mol. The van der Waals surface area contributed by atoms with Gasteiger partial charge in [-0.3, -0.25) is 0 Å². The van der Waals surface area contributed by atoms with E-state index < -0.39 is 20.8 Å². The van der Waals surface area contributed by atoms with Crippen molar-refractivity contribution >= 4 is 85.8 Å². The Morgan fingerprint density at radius 2 is 1.50 bits per heavy atom. The molecule has 2 aliphatic rings. The van der Waals surface area contributed by atoms with Crippen molar-refractivity contribution in [1.29, 1.82) is 0 Å². The fraction of sp³-hybridized carbons (Fsp3) is 0.0417. The molecule has 4 aromatic rings. The molecule has 0 N–H and O–H groups in total. The minimum absolute atomic E-state index is 0. The van der Waals surface area contributed by atoms with Gasteiger partial charge in [-0.25, -0.2) is 0 Å². The topological polar surface area (TPSA) is 0 Å². The molecule has 0 saturated heterocycles. The van der Waals surface area contributed by atoms with Crippen molar-refractivity contribution in [3.05, 3.63) is 105 Å². The van der Waals surface area contributed by atoms with Crippen LogP contribution in [0.5, 0.6) is 0 Å². The van der Waals surface area contributed by atoms with Gasteiger partial charge in [0.15, 0.2) is 0 Å². The second kappa shape index (κ2) is 11.5. The number of hydrogen-bond donors (Lipinski definition) is 0. The Kier molecular flexibility index (Phi) is 9.31. The third kappa shape index (κ3) is 5.34. The number of rotatable bonds is 0. The third-order valence-corrected chi connectivity index (χ3v) is 6.75. The number of fused-ring (bicyclic) bond motifs is 6. The summed E-state index contributed by atoms with van der Waals surface area (Å²) in [6.45, 7) is 0. The molecule has 0 amide bonds. The minimum atomic E-state index is -0.826. The largest absolute Gasteiger partial charge is 0.813 e. The molecule has 6 heteroatoms. The molecule has 0 bridgehead atoms. The predicted molar refractivity (Wildman–Crippen MR) is 138 cm³/mol. The molecule has 1 aliphatic heterocycles. The standard InChI is InChI=1S/C13H9.C11H6BrS.2ClH.H2S.Zr/c1-3-7-12-10(5-1)9-11-6-2-4-8-13(11)12;12-10-6-8-5-7-3-1-2-4-9(7)11(8)13-10;;;;/h1-9H;1-2,4-6,11H;2*1H;1H2;/q2*-1;;;;+2/p-3. The van der Waals surface area contributed by atoms with Crippen molar-refractivity contribution in [1.82, 2.24) is 0 Å². The van der Waals surface area contributed by atoms with Crippen molar-refractivity contribution in [2.45, 2.75) is 5.25 Å². The van der Waals surface area contributed by atoms with Crippen LogP contribution in [0.2, 0.25) is 0 Å². The predicted octanol–water partition coefficient (Wildman–Crippen LogP) is 8.73. The number of thioether (sulfide) groups is 1. The Labute approximate surface area is 215 Å². The van der Waals surface area contributed by atoms with E-state index in [9.17, 15) is 0 Å². The molecule has 0 radical (unpaired) electrons. The summed E-state index contributed by atoms with van der Waals surface area (Å²) in [5.41, 5.74) is 4.05. The van der Waals surface area contributed by atoms with Crippen LogP contribution in [0.3, 0.4) is 0 Å². The Bertz CT molecular complexity index is 1170. The summed E-state index contributed by atoms with van der Waals surface area (Å²) in [7, 11) is 9.87. The summed E-state index contributed by atoms with van der Waals surface area (Å²) in [6, 6.07) is 28.7. The van der Waals surface area contributed by atoms with E-state index in [2.05, 4.69) is 101 Å².